The van der Waals surface area contributed by atoms with Crippen molar-refractivity contribution in [1.29, 1.82) is 0 Å². The number of carbonyl (C=O) groups is 1. The fourth-order valence-electron chi connectivity index (χ4n) is 2.51. The topological polar surface area (TPSA) is 74.7 Å². The summed E-state index contributed by atoms with van der Waals surface area (Å²) in [5, 5.41) is 0. The molecule has 0 aromatic heterocycles. The minimum absolute atomic E-state index is 0. The van der Waals surface area contributed by atoms with Crippen LogP contribution in [0.25, 0.3) is 0 Å². The molecular weight excluding hydrogens is 337 g/mol. The summed E-state index contributed by atoms with van der Waals surface area (Å²) in [5.74, 6) is -0.447. The van der Waals surface area contributed by atoms with Crippen molar-refractivity contribution < 1.29 is 47.3 Å². The monoisotopic (exact) mass is 372 g/mol. The Morgan fingerprint density at radius 3 is 1.71 bits per heavy atom. The van der Waals surface area contributed by atoms with Crippen LogP contribution in [0.1, 0.15) is 84.0 Å². The van der Waals surface area contributed by atoms with Crippen LogP contribution in [0.4, 0.5) is 0 Å². The molecule has 0 saturated carbocycles. The molecule has 0 atom stereocenters. The molecule has 0 saturated heterocycles. The Hall–Kier alpha value is 0.380. The zero-order valence-corrected chi connectivity index (χ0v) is 18.7. The fraction of sp³-hybridized carbons (Fsp3) is 0.941. The molecular formula is C17H35NNaO4S+. The van der Waals surface area contributed by atoms with Crippen molar-refractivity contribution >= 4 is 16.0 Å². The third kappa shape index (κ3) is 18.7. The van der Waals surface area contributed by atoms with Gasteiger partial charge in [-0.1, -0.05) is 71.1 Å². The summed E-state index contributed by atoms with van der Waals surface area (Å²) in [4.78, 5) is 13.1. The molecule has 0 radical (unpaired) electrons. The van der Waals surface area contributed by atoms with Gasteiger partial charge >= 0.3 is 29.6 Å². The summed E-state index contributed by atoms with van der Waals surface area (Å²) < 4.78 is 29.9. The summed E-state index contributed by atoms with van der Waals surface area (Å²) in [6.07, 6.45) is 14.1. The Morgan fingerprint density at radius 2 is 1.29 bits per heavy atom. The zero-order chi connectivity index (χ0) is 17.6. The van der Waals surface area contributed by atoms with Crippen LogP contribution in [-0.2, 0) is 14.9 Å². The van der Waals surface area contributed by atoms with Gasteiger partial charge in [-0.15, -0.1) is 0 Å². The summed E-state index contributed by atoms with van der Waals surface area (Å²) in [6.45, 7) is 2.28. The minimum atomic E-state index is -3.99. The second kappa shape index (κ2) is 16.8. The van der Waals surface area contributed by atoms with Crippen LogP contribution in [0.2, 0.25) is 0 Å². The standard InChI is InChI=1S/C17H35NO4S.Na/c1-3-4-5-6-7-8-9-10-11-12-13-14-17(19)18(2)15-16-23(20,21)22;/h3-16H2,1-2H3,(H,20,21,22);/q;+1. The van der Waals surface area contributed by atoms with Gasteiger partial charge in [0, 0.05) is 20.0 Å². The predicted octanol–water partition coefficient (Wildman–Crippen LogP) is 1.04. The normalized spacial score (nSPS) is 11.1. The molecule has 1 amide bonds. The molecule has 0 aromatic carbocycles. The van der Waals surface area contributed by atoms with Gasteiger partial charge in [0.25, 0.3) is 10.1 Å². The van der Waals surface area contributed by atoms with Gasteiger partial charge in [0.15, 0.2) is 0 Å². The number of hydrogen-bond acceptors (Lipinski definition) is 3. The van der Waals surface area contributed by atoms with Gasteiger partial charge in [0.05, 0.1) is 5.75 Å². The number of nitrogens with zero attached hydrogens (tertiary/aromatic N) is 1. The van der Waals surface area contributed by atoms with Crippen LogP contribution in [0, 0.1) is 0 Å². The fourth-order valence-corrected chi connectivity index (χ4v) is 3.01. The first-order chi connectivity index (χ1) is 10.9. The maximum absolute atomic E-state index is 11.8. The molecule has 0 fully saturated rings. The summed E-state index contributed by atoms with van der Waals surface area (Å²) in [5.41, 5.74) is 0. The van der Waals surface area contributed by atoms with Gasteiger partial charge in [-0.2, -0.15) is 8.42 Å². The third-order valence-corrected chi connectivity index (χ3v) is 4.80. The molecule has 0 rings (SSSR count). The molecule has 138 valence electrons. The van der Waals surface area contributed by atoms with Crippen molar-refractivity contribution in [1.82, 2.24) is 4.90 Å². The number of amides is 1. The maximum atomic E-state index is 11.8. The molecule has 0 aromatic rings. The summed E-state index contributed by atoms with van der Waals surface area (Å²) >= 11 is 0. The van der Waals surface area contributed by atoms with Crippen molar-refractivity contribution in [3.63, 3.8) is 0 Å². The van der Waals surface area contributed by atoms with Crippen molar-refractivity contribution in [2.45, 2.75) is 84.0 Å². The van der Waals surface area contributed by atoms with E-state index >= 15 is 0 Å². The molecule has 5 nitrogen and oxygen atoms in total. The number of unbranched alkanes of at least 4 members (excludes halogenated alkanes) is 10. The first kappa shape index (κ1) is 26.6. The average molecular weight is 373 g/mol. The molecule has 0 aliphatic rings. The summed E-state index contributed by atoms with van der Waals surface area (Å²) in [7, 11) is -2.42. The van der Waals surface area contributed by atoms with Gasteiger partial charge in [0.1, 0.15) is 0 Å². The van der Waals surface area contributed by atoms with Gasteiger partial charge in [-0.05, 0) is 6.42 Å². The van der Waals surface area contributed by atoms with E-state index in [0.717, 1.165) is 19.3 Å². The van der Waals surface area contributed by atoms with Crippen molar-refractivity contribution in [2.75, 3.05) is 19.3 Å². The van der Waals surface area contributed by atoms with Crippen LogP contribution < -0.4 is 29.6 Å². The van der Waals surface area contributed by atoms with E-state index in [-0.39, 0.29) is 42.0 Å². The van der Waals surface area contributed by atoms with Crippen molar-refractivity contribution in [2.24, 2.45) is 0 Å². The second-order valence-electron chi connectivity index (χ2n) is 6.39. The quantitative estimate of drug-likeness (QED) is 0.265. The molecule has 0 heterocycles. The largest absolute Gasteiger partial charge is 1.00 e. The van der Waals surface area contributed by atoms with E-state index in [1.54, 1.807) is 7.05 Å². The predicted molar refractivity (Wildman–Crippen MR) is 95.1 cm³/mol. The van der Waals surface area contributed by atoms with Crippen molar-refractivity contribution in [3.05, 3.63) is 0 Å². The van der Waals surface area contributed by atoms with E-state index in [2.05, 4.69) is 6.92 Å². The summed E-state index contributed by atoms with van der Waals surface area (Å²) in [6, 6.07) is 0. The van der Waals surface area contributed by atoms with Crippen molar-refractivity contribution in [3.8, 4) is 0 Å². The minimum Gasteiger partial charge on any atom is -0.345 e. The van der Waals surface area contributed by atoms with Crippen LogP contribution in [0.3, 0.4) is 0 Å². The Kier molecular flexibility index (Phi) is 18.7. The molecule has 0 spiro atoms. The second-order valence-corrected chi connectivity index (χ2v) is 7.96. The molecule has 7 heteroatoms. The smallest absolute Gasteiger partial charge is 0.345 e. The molecule has 1 N–H and O–H groups in total. The SMILES string of the molecule is CCCCCCCCCCCCCC(=O)N(C)CCS(=O)(=O)O.[Na+]. The average Bonchev–Trinajstić information content (AvgIpc) is 2.49. The van der Waals surface area contributed by atoms with Gasteiger partial charge < -0.3 is 4.90 Å². The maximum Gasteiger partial charge on any atom is 1.00 e. The third-order valence-electron chi connectivity index (χ3n) is 4.10. The number of rotatable bonds is 15. The van der Waals surface area contributed by atoms with E-state index in [0.29, 0.717) is 6.42 Å². The van der Waals surface area contributed by atoms with Gasteiger partial charge in [-0.3, -0.25) is 9.35 Å². The van der Waals surface area contributed by atoms with E-state index in [1.807, 2.05) is 0 Å². The van der Waals surface area contributed by atoms with E-state index in [1.165, 1.54) is 56.3 Å². The number of carbonyl (C=O) groups excluding carboxylic acids is 1. The van der Waals surface area contributed by atoms with Crippen LogP contribution in [0.5, 0.6) is 0 Å². The first-order valence-electron chi connectivity index (χ1n) is 9.06. The Balaban J connectivity index is 0. The number of hydrogen-bond donors (Lipinski definition) is 1. The van der Waals surface area contributed by atoms with Gasteiger partial charge in [-0.25, -0.2) is 0 Å². The Bertz CT molecular complexity index is 401. The van der Waals surface area contributed by atoms with Gasteiger partial charge in [0.2, 0.25) is 5.91 Å². The van der Waals surface area contributed by atoms with E-state index < -0.39 is 15.9 Å². The zero-order valence-electron chi connectivity index (χ0n) is 15.9. The molecule has 24 heavy (non-hydrogen) atoms. The molecule has 0 unspecified atom stereocenters. The van der Waals surface area contributed by atoms with Crippen LogP contribution >= 0.6 is 0 Å². The van der Waals surface area contributed by atoms with Crippen LogP contribution in [-0.4, -0.2) is 43.1 Å². The molecule has 0 bridgehead atoms. The Labute approximate surface area is 171 Å². The molecule has 0 aliphatic heterocycles. The van der Waals surface area contributed by atoms with E-state index in [9.17, 15) is 13.2 Å². The van der Waals surface area contributed by atoms with Crippen LogP contribution in [0.15, 0.2) is 0 Å². The molecule has 0 aliphatic carbocycles. The Morgan fingerprint density at radius 1 is 0.875 bits per heavy atom. The van der Waals surface area contributed by atoms with E-state index in [4.69, 9.17) is 4.55 Å². The first-order valence-corrected chi connectivity index (χ1v) is 10.7.